The maximum Gasteiger partial charge on any atom is 0.309 e. The van der Waals surface area contributed by atoms with Crippen LogP contribution in [0, 0.1) is 5.41 Å². The van der Waals surface area contributed by atoms with Gasteiger partial charge in [-0.25, -0.2) is 18.4 Å². The van der Waals surface area contributed by atoms with Gasteiger partial charge in [-0.2, -0.15) is 0 Å². The van der Waals surface area contributed by atoms with Gasteiger partial charge in [-0.3, -0.25) is 4.79 Å². The molecule has 6 aromatic rings. The molecule has 0 aliphatic carbocycles. The molecule has 2 aromatic heterocycles. The molecule has 0 amide bonds. The summed E-state index contributed by atoms with van der Waals surface area (Å²) in [7, 11) is -3.32. The summed E-state index contributed by atoms with van der Waals surface area (Å²) in [5.41, 5.74) is 4.99. The SMILES string of the molecule is CC(C)(Cc1nc2cc(OCc3ccc4ccccc4n3)ccc2n1Cc1ccc(-c2cccc(S(C)(=O)=O)c2)cc1)C(=O)O. The van der Waals surface area contributed by atoms with E-state index in [1.54, 1.807) is 32.0 Å². The third kappa shape index (κ3) is 6.58. The van der Waals surface area contributed by atoms with Gasteiger partial charge < -0.3 is 14.4 Å². The van der Waals surface area contributed by atoms with Crippen molar-refractivity contribution in [3.05, 3.63) is 120 Å². The van der Waals surface area contributed by atoms with Gasteiger partial charge >= 0.3 is 5.97 Å². The van der Waals surface area contributed by atoms with E-state index in [0.717, 1.165) is 38.8 Å². The van der Waals surface area contributed by atoms with Crippen LogP contribution < -0.4 is 4.74 Å². The molecule has 0 saturated heterocycles. The largest absolute Gasteiger partial charge is 0.487 e. The Hall–Kier alpha value is -5.02. The topological polar surface area (TPSA) is 111 Å². The Morgan fingerprint density at radius 3 is 2.38 bits per heavy atom. The van der Waals surface area contributed by atoms with E-state index in [1.807, 2.05) is 89.5 Å². The second-order valence-electron chi connectivity index (χ2n) is 11.9. The number of carboxylic acids is 1. The number of sulfone groups is 1. The summed E-state index contributed by atoms with van der Waals surface area (Å²) in [6.07, 6.45) is 1.44. The van der Waals surface area contributed by atoms with Gasteiger partial charge in [0.2, 0.25) is 0 Å². The van der Waals surface area contributed by atoms with Crippen LogP contribution in [0.25, 0.3) is 33.1 Å². The zero-order valence-corrected chi connectivity index (χ0v) is 26.1. The standard InChI is InChI=1S/C36H33N3O5S/c1-36(2,35(40)41)21-34-38-32-20-29(44-23-28-16-15-26-7-4-5-10-31(26)37-28)17-18-33(32)39(34)22-24-11-13-25(14-12-24)27-8-6-9-30(19-27)45(3,42)43/h4-20H,21-23H2,1-3H3,(H,40,41). The average molecular weight is 620 g/mol. The van der Waals surface area contributed by atoms with Gasteiger partial charge in [0.15, 0.2) is 9.84 Å². The van der Waals surface area contributed by atoms with Crippen LogP contribution in [-0.4, -0.2) is 40.3 Å². The van der Waals surface area contributed by atoms with Crippen LogP contribution in [0.5, 0.6) is 5.75 Å². The summed E-state index contributed by atoms with van der Waals surface area (Å²) in [5.74, 6) is 0.413. The number of aromatic nitrogens is 3. The molecule has 228 valence electrons. The molecule has 0 atom stereocenters. The van der Waals surface area contributed by atoms with E-state index in [1.165, 1.54) is 6.26 Å². The fourth-order valence-electron chi connectivity index (χ4n) is 5.27. The number of imidazole rings is 1. The molecule has 0 bridgehead atoms. The number of pyridine rings is 1. The Morgan fingerprint density at radius 1 is 0.844 bits per heavy atom. The third-order valence-corrected chi connectivity index (χ3v) is 9.02. The van der Waals surface area contributed by atoms with Crippen molar-refractivity contribution in [2.24, 2.45) is 5.41 Å². The molecule has 0 spiro atoms. The lowest BCUT2D eigenvalue weighted by atomic mass is 9.89. The van der Waals surface area contributed by atoms with Gasteiger partial charge in [0.05, 0.1) is 32.6 Å². The minimum atomic E-state index is -3.32. The summed E-state index contributed by atoms with van der Waals surface area (Å²) < 4.78 is 32.2. The number of hydrogen-bond donors (Lipinski definition) is 1. The van der Waals surface area contributed by atoms with Gasteiger partial charge in [0.1, 0.15) is 18.2 Å². The molecular formula is C36H33N3O5S. The highest BCUT2D eigenvalue weighted by Crippen LogP contribution is 2.29. The van der Waals surface area contributed by atoms with Crippen molar-refractivity contribution in [3.8, 4) is 16.9 Å². The lowest BCUT2D eigenvalue weighted by Gasteiger charge is -2.19. The fraction of sp³-hybridized carbons (Fsp3) is 0.194. The first-order valence-electron chi connectivity index (χ1n) is 14.6. The molecule has 0 unspecified atom stereocenters. The minimum Gasteiger partial charge on any atom is -0.487 e. The van der Waals surface area contributed by atoms with Crippen LogP contribution in [0.15, 0.2) is 108 Å². The van der Waals surface area contributed by atoms with E-state index in [0.29, 0.717) is 30.2 Å². The van der Waals surface area contributed by atoms with Gasteiger partial charge in [-0.1, -0.05) is 60.7 Å². The summed E-state index contributed by atoms with van der Waals surface area (Å²) in [6, 6.07) is 32.5. The predicted molar refractivity (Wildman–Crippen MR) is 175 cm³/mol. The number of aliphatic carboxylic acids is 1. The van der Waals surface area contributed by atoms with Crippen molar-refractivity contribution in [1.29, 1.82) is 0 Å². The minimum absolute atomic E-state index is 0.241. The Kier molecular flexibility index (Phi) is 7.88. The van der Waals surface area contributed by atoms with Crippen LogP contribution in [0.1, 0.15) is 30.9 Å². The quantitative estimate of drug-likeness (QED) is 0.177. The maximum absolute atomic E-state index is 12.0. The summed E-state index contributed by atoms with van der Waals surface area (Å²) in [6.45, 7) is 4.18. The van der Waals surface area contributed by atoms with E-state index >= 15 is 0 Å². The van der Waals surface area contributed by atoms with E-state index in [9.17, 15) is 18.3 Å². The summed E-state index contributed by atoms with van der Waals surface area (Å²) in [4.78, 5) is 21.9. The van der Waals surface area contributed by atoms with E-state index in [-0.39, 0.29) is 11.3 Å². The molecule has 8 nitrogen and oxygen atoms in total. The highest BCUT2D eigenvalue weighted by Gasteiger charge is 2.30. The van der Waals surface area contributed by atoms with E-state index < -0.39 is 21.2 Å². The average Bonchev–Trinajstić information content (AvgIpc) is 3.34. The molecule has 0 aliphatic heterocycles. The molecule has 4 aromatic carbocycles. The Morgan fingerprint density at radius 2 is 1.62 bits per heavy atom. The molecule has 0 aliphatic rings. The lowest BCUT2D eigenvalue weighted by molar-refractivity contribution is -0.146. The second-order valence-corrected chi connectivity index (χ2v) is 13.9. The highest BCUT2D eigenvalue weighted by molar-refractivity contribution is 7.90. The number of rotatable bonds is 10. The Bertz CT molecular complexity index is 2150. The molecule has 0 saturated carbocycles. The van der Waals surface area contributed by atoms with Gasteiger partial charge in [0, 0.05) is 30.7 Å². The van der Waals surface area contributed by atoms with Crippen molar-refractivity contribution in [3.63, 3.8) is 0 Å². The molecule has 9 heteroatoms. The normalized spacial score (nSPS) is 12.1. The number of benzene rings is 4. The van der Waals surface area contributed by atoms with Crippen molar-refractivity contribution < 1.29 is 23.1 Å². The monoisotopic (exact) mass is 619 g/mol. The number of carbonyl (C=O) groups is 1. The number of hydrogen-bond acceptors (Lipinski definition) is 6. The van der Waals surface area contributed by atoms with Crippen molar-refractivity contribution >= 4 is 37.7 Å². The van der Waals surface area contributed by atoms with E-state index in [4.69, 9.17) is 9.72 Å². The van der Waals surface area contributed by atoms with Gasteiger partial charge in [-0.15, -0.1) is 0 Å². The van der Waals surface area contributed by atoms with Crippen LogP contribution in [0.2, 0.25) is 0 Å². The number of nitrogens with zero attached hydrogens (tertiary/aromatic N) is 3. The van der Waals surface area contributed by atoms with Gasteiger partial charge in [0.25, 0.3) is 0 Å². The molecule has 0 fully saturated rings. The smallest absolute Gasteiger partial charge is 0.309 e. The lowest BCUT2D eigenvalue weighted by Crippen LogP contribution is -2.27. The molecule has 2 heterocycles. The first kappa shape index (κ1) is 30.0. The first-order valence-corrected chi connectivity index (χ1v) is 16.4. The number of carboxylic acid groups (broad SMARTS) is 1. The van der Waals surface area contributed by atoms with Crippen LogP contribution in [0.4, 0.5) is 0 Å². The fourth-order valence-corrected chi connectivity index (χ4v) is 5.94. The molecule has 6 rings (SSSR count). The molecule has 0 radical (unpaired) electrons. The summed E-state index contributed by atoms with van der Waals surface area (Å²) in [5, 5.41) is 10.9. The maximum atomic E-state index is 12.0. The van der Waals surface area contributed by atoms with Gasteiger partial charge in [-0.05, 0) is 66.9 Å². The van der Waals surface area contributed by atoms with Crippen LogP contribution in [0.3, 0.4) is 0 Å². The van der Waals surface area contributed by atoms with Crippen molar-refractivity contribution in [2.45, 2.75) is 38.3 Å². The molecule has 1 N–H and O–H groups in total. The molecule has 45 heavy (non-hydrogen) atoms. The zero-order chi connectivity index (χ0) is 31.8. The number of para-hydroxylation sites is 1. The number of ether oxygens (including phenoxy) is 1. The van der Waals surface area contributed by atoms with Crippen LogP contribution >= 0.6 is 0 Å². The second kappa shape index (κ2) is 11.8. The van der Waals surface area contributed by atoms with E-state index in [2.05, 4.69) is 4.98 Å². The number of fused-ring (bicyclic) bond motifs is 2. The molecular weight excluding hydrogens is 586 g/mol. The zero-order valence-electron chi connectivity index (χ0n) is 25.3. The van der Waals surface area contributed by atoms with Crippen molar-refractivity contribution in [2.75, 3.05) is 6.26 Å². The van der Waals surface area contributed by atoms with Crippen molar-refractivity contribution in [1.82, 2.24) is 14.5 Å². The Balaban J connectivity index is 1.28. The first-order chi connectivity index (χ1) is 21.5. The van der Waals surface area contributed by atoms with Crippen LogP contribution in [-0.2, 0) is 34.2 Å². The third-order valence-electron chi connectivity index (χ3n) is 7.91. The Labute approximate surface area is 261 Å². The predicted octanol–water partition coefficient (Wildman–Crippen LogP) is 6.94. The highest BCUT2D eigenvalue weighted by atomic mass is 32.2. The summed E-state index contributed by atoms with van der Waals surface area (Å²) >= 11 is 0.